The molecule has 7 heteroatoms. The molecule has 1 aliphatic heterocycles. The van der Waals surface area contributed by atoms with Crippen LogP contribution < -0.4 is 10.6 Å². The van der Waals surface area contributed by atoms with Crippen LogP contribution >= 0.6 is 11.3 Å². The Hall–Kier alpha value is -1.86. The zero-order valence-electron chi connectivity index (χ0n) is 16.2. The number of hydrogen-bond acceptors (Lipinski definition) is 5. The van der Waals surface area contributed by atoms with E-state index in [4.69, 9.17) is 14.1 Å². The Kier molecular flexibility index (Phi) is 7.71. The van der Waals surface area contributed by atoms with Gasteiger partial charge in [-0.3, -0.25) is 0 Å². The number of aromatic nitrogens is 1. The number of nitrogens with zero attached hydrogens (tertiary/aromatic N) is 2. The molecule has 0 saturated carbocycles. The number of rotatable bonds is 8. The monoisotopic (exact) mass is 390 g/mol. The van der Waals surface area contributed by atoms with Crippen molar-refractivity contribution in [3.63, 3.8) is 0 Å². The first-order valence-electron chi connectivity index (χ1n) is 9.81. The molecule has 148 valence electrons. The average Bonchev–Trinajstić information content (AvgIpc) is 3.36. The van der Waals surface area contributed by atoms with E-state index in [0.717, 1.165) is 55.0 Å². The molecule has 2 N–H and O–H groups in total. The van der Waals surface area contributed by atoms with Gasteiger partial charge in [-0.05, 0) is 37.3 Å². The summed E-state index contributed by atoms with van der Waals surface area (Å²) in [5.41, 5.74) is 1.14. The molecule has 0 bridgehead atoms. The first-order valence-corrected chi connectivity index (χ1v) is 10.7. The molecule has 0 aromatic carbocycles. The van der Waals surface area contributed by atoms with Crippen LogP contribution in [0.1, 0.15) is 55.5 Å². The van der Waals surface area contributed by atoms with Gasteiger partial charge in [0.1, 0.15) is 10.8 Å². The Labute approximate surface area is 165 Å². The second-order valence-electron chi connectivity index (χ2n) is 7.11. The third kappa shape index (κ3) is 6.66. The van der Waals surface area contributed by atoms with E-state index in [1.165, 1.54) is 12.8 Å². The highest BCUT2D eigenvalue weighted by Gasteiger charge is 2.14. The SMILES string of the molecule is CC(C)c1csc(CN=C(NCCc2ccco2)NCC2CCCCO2)n1. The topological polar surface area (TPSA) is 71.7 Å². The Bertz CT molecular complexity index is 691. The molecule has 2 aromatic heterocycles. The van der Waals surface area contributed by atoms with E-state index in [2.05, 4.69) is 34.8 Å². The quantitative estimate of drug-likeness (QED) is 0.531. The van der Waals surface area contributed by atoms with E-state index >= 15 is 0 Å². The number of thiazole rings is 1. The number of furan rings is 1. The molecule has 6 nitrogen and oxygen atoms in total. The molecule has 0 amide bonds. The van der Waals surface area contributed by atoms with Crippen LogP contribution in [0, 0.1) is 0 Å². The Morgan fingerprint density at radius 2 is 2.30 bits per heavy atom. The first-order chi connectivity index (χ1) is 13.2. The number of guanidine groups is 1. The van der Waals surface area contributed by atoms with Crippen molar-refractivity contribution >= 4 is 17.3 Å². The van der Waals surface area contributed by atoms with Gasteiger partial charge in [0, 0.05) is 31.5 Å². The molecular weight excluding hydrogens is 360 g/mol. The normalized spacial score (nSPS) is 18.0. The number of ether oxygens (including phenoxy) is 1. The van der Waals surface area contributed by atoms with Crippen LogP contribution in [0.25, 0.3) is 0 Å². The molecule has 27 heavy (non-hydrogen) atoms. The highest BCUT2D eigenvalue weighted by molar-refractivity contribution is 7.09. The fourth-order valence-corrected chi connectivity index (χ4v) is 3.80. The lowest BCUT2D eigenvalue weighted by Crippen LogP contribution is -2.43. The summed E-state index contributed by atoms with van der Waals surface area (Å²) < 4.78 is 11.2. The van der Waals surface area contributed by atoms with Gasteiger partial charge in [-0.1, -0.05) is 13.8 Å². The van der Waals surface area contributed by atoms with Gasteiger partial charge in [0.15, 0.2) is 5.96 Å². The van der Waals surface area contributed by atoms with Gasteiger partial charge in [0.2, 0.25) is 0 Å². The Balaban J connectivity index is 1.54. The lowest BCUT2D eigenvalue weighted by atomic mass is 10.1. The van der Waals surface area contributed by atoms with Crippen molar-refractivity contribution in [2.75, 3.05) is 19.7 Å². The molecule has 2 aromatic rings. The maximum atomic E-state index is 5.81. The minimum atomic E-state index is 0.267. The predicted octanol–water partition coefficient (Wildman–Crippen LogP) is 3.71. The van der Waals surface area contributed by atoms with Gasteiger partial charge in [-0.2, -0.15) is 0 Å². The van der Waals surface area contributed by atoms with E-state index in [-0.39, 0.29) is 6.10 Å². The van der Waals surface area contributed by atoms with E-state index < -0.39 is 0 Å². The lowest BCUT2D eigenvalue weighted by Gasteiger charge is -2.23. The summed E-state index contributed by atoms with van der Waals surface area (Å²) in [5.74, 6) is 2.22. The van der Waals surface area contributed by atoms with E-state index in [9.17, 15) is 0 Å². The van der Waals surface area contributed by atoms with Crippen LogP contribution in [0.4, 0.5) is 0 Å². The van der Waals surface area contributed by atoms with Gasteiger partial charge in [-0.15, -0.1) is 11.3 Å². The molecule has 1 atom stereocenters. The van der Waals surface area contributed by atoms with Gasteiger partial charge in [0.25, 0.3) is 0 Å². The summed E-state index contributed by atoms with van der Waals surface area (Å²) in [5, 5.41) is 10.00. The molecule has 1 unspecified atom stereocenters. The molecule has 3 rings (SSSR count). The van der Waals surface area contributed by atoms with Crippen molar-refractivity contribution in [1.29, 1.82) is 0 Å². The summed E-state index contributed by atoms with van der Waals surface area (Å²) in [6.45, 7) is 7.31. The first kappa shape index (κ1) is 19.9. The zero-order valence-corrected chi connectivity index (χ0v) is 17.1. The van der Waals surface area contributed by atoms with E-state index in [1.807, 2.05) is 12.1 Å². The summed E-state index contributed by atoms with van der Waals surface area (Å²) >= 11 is 1.67. The van der Waals surface area contributed by atoms with Gasteiger partial charge in [-0.25, -0.2) is 9.98 Å². The highest BCUT2D eigenvalue weighted by Crippen LogP contribution is 2.18. The van der Waals surface area contributed by atoms with Crippen LogP contribution in [0.5, 0.6) is 0 Å². The number of hydrogen-bond donors (Lipinski definition) is 2. The fourth-order valence-electron chi connectivity index (χ4n) is 2.92. The average molecular weight is 391 g/mol. The standard InChI is InChI=1S/C20H30N4O2S/c1-15(2)18-14-27-19(24-18)13-23-20(21-9-8-16-7-5-11-25-16)22-12-17-6-3-4-10-26-17/h5,7,11,14-15,17H,3-4,6,8-10,12-13H2,1-2H3,(H2,21,22,23). The second kappa shape index (κ2) is 10.5. The van der Waals surface area contributed by atoms with E-state index in [0.29, 0.717) is 12.5 Å². The minimum Gasteiger partial charge on any atom is -0.469 e. The lowest BCUT2D eigenvalue weighted by molar-refractivity contribution is 0.0194. The third-order valence-electron chi connectivity index (χ3n) is 4.55. The highest BCUT2D eigenvalue weighted by atomic mass is 32.1. The molecule has 0 radical (unpaired) electrons. The van der Waals surface area contributed by atoms with Crippen molar-refractivity contribution in [3.8, 4) is 0 Å². The Morgan fingerprint density at radius 1 is 1.37 bits per heavy atom. The van der Waals surface area contributed by atoms with Crippen molar-refractivity contribution in [2.24, 2.45) is 4.99 Å². The molecular formula is C20H30N4O2S. The van der Waals surface area contributed by atoms with Gasteiger partial charge < -0.3 is 19.8 Å². The maximum Gasteiger partial charge on any atom is 0.191 e. The smallest absolute Gasteiger partial charge is 0.191 e. The molecule has 1 aliphatic rings. The van der Waals surface area contributed by atoms with Crippen molar-refractivity contribution in [2.45, 2.75) is 58.1 Å². The van der Waals surface area contributed by atoms with Crippen LogP contribution in [-0.4, -0.2) is 36.7 Å². The zero-order chi connectivity index (χ0) is 18.9. The van der Waals surface area contributed by atoms with Crippen LogP contribution in [0.15, 0.2) is 33.2 Å². The van der Waals surface area contributed by atoms with Gasteiger partial charge in [0.05, 0.1) is 24.6 Å². The minimum absolute atomic E-state index is 0.267. The maximum absolute atomic E-state index is 5.81. The number of nitrogens with one attached hydrogen (secondary N) is 2. The predicted molar refractivity (Wildman–Crippen MR) is 109 cm³/mol. The summed E-state index contributed by atoms with van der Waals surface area (Å²) in [6.07, 6.45) is 6.31. The third-order valence-corrected chi connectivity index (χ3v) is 5.40. The fraction of sp³-hybridized carbons (Fsp3) is 0.600. The van der Waals surface area contributed by atoms with Gasteiger partial charge >= 0.3 is 0 Å². The van der Waals surface area contributed by atoms with E-state index in [1.54, 1.807) is 17.6 Å². The largest absolute Gasteiger partial charge is 0.469 e. The summed E-state index contributed by atoms with van der Waals surface area (Å²) in [6, 6.07) is 3.91. The summed E-state index contributed by atoms with van der Waals surface area (Å²) in [7, 11) is 0. The Morgan fingerprint density at radius 3 is 3.00 bits per heavy atom. The summed E-state index contributed by atoms with van der Waals surface area (Å²) in [4.78, 5) is 9.39. The van der Waals surface area contributed by atoms with Crippen molar-refractivity contribution in [1.82, 2.24) is 15.6 Å². The molecule has 1 saturated heterocycles. The van der Waals surface area contributed by atoms with Crippen LogP contribution in [0.3, 0.4) is 0 Å². The van der Waals surface area contributed by atoms with Crippen molar-refractivity contribution < 1.29 is 9.15 Å². The second-order valence-corrected chi connectivity index (χ2v) is 8.05. The van der Waals surface area contributed by atoms with Crippen LogP contribution in [-0.2, 0) is 17.7 Å². The van der Waals surface area contributed by atoms with Crippen LogP contribution in [0.2, 0.25) is 0 Å². The molecule has 0 aliphatic carbocycles. The molecule has 0 spiro atoms. The molecule has 3 heterocycles. The van der Waals surface area contributed by atoms with Crippen molar-refractivity contribution in [3.05, 3.63) is 40.2 Å². The number of aliphatic imine (C=N–C) groups is 1. The molecule has 1 fully saturated rings.